The first-order valence-corrected chi connectivity index (χ1v) is 9.61. The molecule has 142 valence electrons. The SMILES string of the molecule is O=C(CCn1nnc(-c2ccccc2)n1)N1CCCC(N2CCCC2=O)C1. The quantitative estimate of drug-likeness (QED) is 0.795. The number of piperidine rings is 1. The highest BCUT2D eigenvalue weighted by molar-refractivity contribution is 5.79. The Hall–Kier alpha value is -2.77. The Kier molecular flexibility index (Phi) is 5.13. The Bertz CT molecular complexity index is 806. The summed E-state index contributed by atoms with van der Waals surface area (Å²) in [5, 5.41) is 12.5. The van der Waals surface area contributed by atoms with E-state index in [0.29, 0.717) is 31.8 Å². The second-order valence-electron chi connectivity index (χ2n) is 7.15. The summed E-state index contributed by atoms with van der Waals surface area (Å²) in [7, 11) is 0. The normalized spacial score (nSPS) is 20.3. The second kappa shape index (κ2) is 7.85. The lowest BCUT2D eigenvalue weighted by atomic mass is 10.0. The summed E-state index contributed by atoms with van der Waals surface area (Å²) >= 11 is 0. The van der Waals surface area contributed by atoms with Crippen molar-refractivity contribution in [1.29, 1.82) is 0 Å². The van der Waals surface area contributed by atoms with Crippen LogP contribution in [-0.2, 0) is 16.1 Å². The molecule has 0 bridgehead atoms. The van der Waals surface area contributed by atoms with Crippen LogP contribution in [0.5, 0.6) is 0 Å². The molecule has 1 unspecified atom stereocenters. The van der Waals surface area contributed by atoms with Gasteiger partial charge in [-0.1, -0.05) is 30.3 Å². The molecule has 4 rings (SSSR count). The summed E-state index contributed by atoms with van der Waals surface area (Å²) in [6.07, 6.45) is 3.85. The molecule has 2 amide bonds. The van der Waals surface area contributed by atoms with E-state index in [2.05, 4.69) is 15.4 Å². The van der Waals surface area contributed by atoms with E-state index in [0.717, 1.165) is 37.9 Å². The highest BCUT2D eigenvalue weighted by atomic mass is 16.2. The Morgan fingerprint density at radius 1 is 1.15 bits per heavy atom. The molecule has 3 heterocycles. The van der Waals surface area contributed by atoms with Gasteiger partial charge >= 0.3 is 0 Å². The van der Waals surface area contributed by atoms with Crippen LogP contribution in [0.25, 0.3) is 11.4 Å². The van der Waals surface area contributed by atoms with Crippen LogP contribution in [0.2, 0.25) is 0 Å². The maximum atomic E-state index is 12.6. The third-order valence-corrected chi connectivity index (χ3v) is 5.31. The molecule has 8 nitrogen and oxygen atoms in total. The van der Waals surface area contributed by atoms with Gasteiger partial charge in [0.25, 0.3) is 0 Å². The number of tetrazole rings is 1. The van der Waals surface area contributed by atoms with E-state index in [-0.39, 0.29) is 17.9 Å². The largest absolute Gasteiger partial charge is 0.341 e. The first kappa shape index (κ1) is 17.6. The van der Waals surface area contributed by atoms with Gasteiger partial charge in [-0.15, -0.1) is 10.2 Å². The van der Waals surface area contributed by atoms with Gasteiger partial charge in [-0.2, -0.15) is 4.80 Å². The van der Waals surface area contributed by atoms with E-state index in [4.69, 9.17) is 0 Å². The van der Waals surface area contributed by atoms with Crippen molar-refractivity contribution < 1.29 is 9.59 Å². The zero-order chi connectivity index (χ0) is 18.6. The number of carbonyl (C=O) groups excluding carboxylic acids is 2. The predicted octanol–water partition coefficient (Wildman–Crippen LogP) is 1.34. The lowest BCUT2D eigenvalue weighted by Gasteiger charge is -2.37. The molecule has 2 aliphatic rings. The van der Waals surface area contributed by atoms with Crippen molar-refractivity contribution in [3.63, 3.8) is 0 Å². The van der Waals surface area contributed by atoms with E-state index in [1.165, 1.54) is 4.80 Å². The summed E-state index contributed by atoms with van der Waals surface area (Å²) < 4.78 is 0. The summed E-state index contributed by atoms with van der Waals surface area (Å²) in [5.41, 5.74) is 0.907. The smallest absolute Gasteiger partial charge is 0.224 e. The minimum Gasteiger partial charge on any atom is -0.341 e. The minimum absolute atomic E-state index is 0.0879. The number of rotatable bonds is 5. The summed E-state index contributed by atoms with van der Waals surface area (Å²) in [6.45, 7) is 2.64. The van der Waals surface area contributed by atoms with E-state index < -0.39 is 0 Å². The molecule has 8 heteroatoms. The fourth-order valence-electron chi connectivity index (χ4n) is 3.89. The van der Waals surface area contributed by atoms with Crippen LogP contribution in [0, 0.1) is 0 Å². The van der Waals surface area contributed by atoms with Crippen LogP contribution in [0.15, 0.2) is 30.3 Å². The zero-order valence-corrected chi connectivity index (χ0v) is 15.3. The van der Waals surface area contributed by atoms with Gasteiger partial charge in [-0.25, -0.2) is 0 Å². The van der Waals surface area contributed by atoms with Crippen molar-refractivity contribution >= 4 is 11.8 Å². The number of likely N-dealkylation sites (tertiary alicyclic amines) is 2. The average molecular weight is 368 g/mol. The molecule has 0 spiro atoms. The third kappa shape index (κ3) is 3.99. The molecule has 0 aliphatic carbocycles. The maximum Gasteiger partial charge on any atom is 0.224 e. The summed E-state index contributed by atoms with van der Waals surface area (Å²) in [5.74, 6) is 0.882. The molecule has 0 saturated carbocycles. The lowest BCUT2D eigenvalue weighted by molar-refractivity contribution is -0.137. The molecule has 1 aromatic heterocycles. The summed E-state index contributed by atoms with van der Waals surface area (Å²) in [6, 6.07) is 9.83. The predicted molar refractivity (Wildman–Crippen MR) is 98.4 cm³/mol. The van der Waals surface area contributed by atoms with Crippen molar-refractivity contribution in [2.24, 2.45) is 0 Å². The molecule has 0 N–H and O–H groups in total. The Morgan fingerprint density at radius 2 is 2.00 bits per heavy atom. The van der Waals surface area contributed by atoms with Gasteiger partial charge < -0.3 is 9.80 Å². The minimum atomic E-state index is 0.0879. The van der Waals surface area contributed by atoms with Gasteiger partial charge in [0.15, 0.2) is 0 Å². The average Bonchev–Trinajstić information content (AvgIpc) is 3.36. The first-order chi connectivity index (χ1) is 13.2. The van der Waals surface area contributed by atoms with Crippen LogP contribution in [0.4, 0.5) is 0 Å². The van der Waals surface area contributed by atoms with Crippen LogP contribution >= 0.6 is 0 Å². The summed E-state index contributed by atoms with van der Waals surface area (Å²) in [4.78, 5) is 29.9. The molecular weight excluding hydrogens is 344 g/mol. The fourth-order valence-corrected chi connectivity index (χ4v) is 3.89. The second-order valence-corrected chi connectivity index (χ2v) is 7.15. The highest BCUT2D eigenvalue weighted by Crippen LogP contribution is 2.22. The zero-order valence-electron chi connectivity index (χ0n) is 15.3. The van der Waals surface area contributed by atoms with Crippen LogP contribution in [-0.4, -0.2) is 67.5 Å². The monoisotopic (exact) mass is 368 g/mol. The fraction of sp³-hybridized carbons (Fsp3) is 0.526. The van der Waals surface area contributed by atoms with E-state index in [1.54, 1.807) is 0 Å². The van der Waals surface area contributed by atoms with Gasteiger partial charge in [-0.3, -0.25) is 9.59 Å². The number of benzene rings is 1. The molecule has 1 aromatic carbocycles. The van der Waals surface area contributed by atoms with Crippen molar-refractivity contribution in [3.8, 4) is 11.4 Å². The van der Waals surface area contributed by atoms with Crippen molar-refractivity contribution in [3.05, 3.63) is 30.3 Å². The van der Waals surface area contributed by atoms with Crippen molar-refractivity contribution in [2.75, 3.05) is 19.6 Å². The van der Waals surface area contributed by atoms with Gasteiger partial charge in [0.05, 0.1) is 6.54 Å². The molecule has 2 fully saturated rings. The number of nitrogens with zero attached hydrogens (tertiary/aromatic N) is 6. The molecule has 2 aromatic rings. The molecule has 0 radical (unpaired) electrons. The Balaban J connectivity index is 1.31. The molecule has 2 saturated heterocycles. The lowest BCUT2D eigenvalue weighted by Crippen LogP contribution is -2.50. The van der Waals surface area contributed by atoms with Gasteiger partial charge in [0, 0.05) is 44.1 Å². The number of hydrogen-bond acceptors (Lipinski definition) is 5. The molecular formula is C19H24N6O2. The van der Waals surface area contributed by atoms with Gasteiger partial charge in [-0.05, 0) is 24.5 Å². The van der Waals surface area contributed by atoms with E-state index >= 15 is 0 Å². The number of aryl methyl sites for hydroxylation is 1. The number of hydrogen-bond donors (Lipinski definition) is 0. The standard InChI is InChI=1S/C19H24N6O2/c26-17(23-11-4-8-16(14-23)24-12-5-9-18(24)27)10-13-25-21-19(20-22-25)15-6-2-1-3-7-15/h1-3,6-7,16H,4-5,8-14H2. The first-order valence-electron chi connectivity index (χ1n) is 9.61. The molecule has 27 heavy (non-hydrogen) atoms. The van der Waals surface area contributed by atoms with E-state index in [9.17, 15) is 9.59 Å². The number of amides is 2. The van der Waals surface area contributed by atoms with Crippen LogP contribution < -0.4 is 0 Å². The van der Waals surface area contributed by atoms with Crippen LogP contribution in [0.1, 0.15) is 32.1 Å². The van der Waals surface area contributed by atoms with Gasteiger partial charge in [0.1, 0.15) is 0 Å². The molecule has 1 atom stereocenters. The topological polar surface area (TPSA) is 84.2 Å². The number of carbonyl (C=O) groups is 2. The maximum absolute atomic E-state index is 12.6. The third-order valence-electron chi connectivity index (χ3n) is 5.31. The highest BCUT2D eigenvalue weighted by Gasteiger charge is 2.32. The Labute approximate surface area is 158 Å². The van der Waals surface area contributed by atoms with Crippen molar-refractivity contribution in [2.45, 2.75) is 44.7 Å². The van der Waals surface area contributed by atoms with Crippen LogP contribution in [0.3, 0.4) is 0 Å². The van der Waals surface area contributed by atoms with Crippen molar-refractivity contribution in [1.82, 2.24) is 30.0 Å². The Morgan fingerprint density at radius 3 is 2.78 bits per heavy atom. The molecule has 2 aliphatic heterocycles. The van der Waals surface area contributed by atoms with Gasteiger partial charge in [0.2, 0.25) is 17.6 Å². The van der Waals surface area contributed by atoms with E-state index in [1.807, 2.05) is 40.1 Å². The number of aromatic nitrogens is 4.